The molecular formula is C16H29O4P. The van der Waals surface area contributed by atoms with Gasteiger partial charge < -0.3 is 14.2 Å². The van der Waals surface area contributed by atoms with Gasteiger partial charge in [-0.15, -0.1) is 0 Å². The molecule has 3 atom stereocenters. The van der Waals surface area contributed by atoms with Crippen LogP contribution in [0.4, 0.5) is 0 Å². The van der Waals surface area contributed by atoms with Crippen LogP contribution in [-0.2, 0) is 13.6 Å². The molecule has 0 aromatic carbocycles. The Morgan fingerprint density at radius 1 is 1.24 bits per heavy atom. The summed E-state index contributed by atoms with van der Waals surface area (Å²) in [7, 11) is -3.30. The molecule has 2 aliphatic carbocycles. The second-order valence-electron chi connectivity index (χ2n) is 6.57. The third-order valence-electron chi connectivity index (χ3n) is 5.35. The normalized spacial score (nSPS) is 37.3. The molecule has 0 aliphatic heterocycles. The first-order valence-electron chi connectivity index (χ1n) is 8.12. The fraction of sp³-hybridized carbons (Fsp3) is 0.875. The van der Waals surface area contributed by atoms with Crippen molar-refractivity contribution in [2.75, 3.05) is 13.2 Å². The molecule has 0 bridgehead atoms. The topological polar surface area (TPSA) is 55.8 Å². The molecule has 2 rings (SSSR count). The van der Waals surface area contributed by atoms with Gasteiger partial charge in [0.25, 0.3) is 0 Å². The van der Waals surface area contributed by atoms with Crippen LogP contribution < -0.4 is 0 Å². The van der Waals surface area contributed by atoms with Crippen LogP contribution in [0.1, 0.15) is 59.3 Å². The smallest absolute Gasteiger partial charge is 0.338 e. The van der Waals surface area contributed by atoms with Gasteiger partial charge in [0.2, 0.25) is 0 Å². The standard InChI is InChI=1S/C16H29O4P/c1-5-19-21(18,20-6-2)14-13(3)9-12-16(14)11-8-7-10-15(16,4)17/h14,17H,3,5-12H2,1-2,4H3/t14-,15+,16-/m1/s1. The summed E-state index contributed by atoms with van der Waals surface area (Å²) >= 11 is 0. The number of rotatable bonds is 5. The molecule has 4 nitrogen and oxygen atoms in total. The zero-order chi connectivity index (χ0) is 15.7. The average Bonchev–Trinajstić information content (AvgIpc) is 2.73. The molecule has 0 amide bonds. The maximum atomic E-state index is 13.4. The first kappa shape index (κ1) is 17.2. The maximum absolute atomic E-state index is 13.4. The van der Waals surface area contributed by atoms with Crippen molar-refractivity contribution in [1.29, 1.82) is 0 Å². The van der Waals surface area contributed by atoms with Crippen LogP contribution in [0.15, 0.2) is 12.2 Å². The summed E-state index contributed by atoms with van der Waals surface area (Å²) in [5, 5.41) is 11.0. The lowest BCUT2D eigenvalue weighted by Crippen LogP contribution is -2.53. The third kappa shape index (κ3) is 2.76. The fourth-order valence-corrected chi connectivity index (χ4v) is 7.18. The average molecular weight is 316 g/mol. The van der Waals surface area contributed by atoms with E-state index in [0.29, 0.717) is 13.2 Å². The van der Waals surface area contributed by atoms with Crippen LogP contribution in [0.3, 0.4) is 0 Å². The van der Waals surface area contributed by atoms with E-state index in [0.717, 1.165) is 44.1 Å². The fourth-order valence-electron chi connectivity index (χ4n) is 4.37. The number of allylic oxidation sites excluding steroid dienone is 1. The van der Waals surface area contributed by atoms with Gasteiger partial charge >= 0.3 is 7.60 Å². The number of aliphatic hydroxyl groups is 1. The van der Waals surface area contributed by atoms with Gasteiger partial charge in [-0.1, -0.05) is 25.0 Å². The summed E-state index contributed by atoms with van der Waals surface area (Å²) in [6, 6.07) is 0. The van der Waals surface area contributed by atoms with Crippen molar-refractivity contribution in [2.45, 2.75) is 70.6 Å². The molecule has 5 heteroatoms. The Labute approximate surface area is 128 Å². The molecule has 2 saturated carbocycles. The molecular weight excluding hydrogens is 287 g/mol. The van der Waals surface area contributed by atoms with Gasteiger partial charge in [0, 0.05) is 5.41 Å². The minimum Gasteiger partial charge on any atom is -0.390 e. The highest BCUT2D eigenvalue weighted by atomic mass is 31.2. The van der Waals surface area contributed by atoms with Crippen LogP contribution >= 0.6 is 7.60 Å². The van der Waals surface area contributed by atoms with Gasteiger partial charge in [0.15, 0.2) is 0 Å². The van der Waals surface area contributed by atoms with Gasteiger partial charge in [-0.2, -0.15) is 0 Å². The zero-order valence-corrected chi connectivity index (χ0v) is 14.5. The molecule has 0 saturated heterocycles. The van der Waals surface area contributed by atoms with Crippen molar-refractivity contribution in [2.24, 2.45) is 5.41 Å². The highest BCUT2D eigenvalue weighted by Crippen LogP contribution is 2.70. The SMILES string of the molecule is C=C1CC[C@]2(CCCC[C@]2(C)O)[C@@H]1P(=O)(OCC)OCC. The van der Waals surface area contributed by atoms with E-state index >= 15 is 0 Å². The Kier molecular flexibility index (Phi) is 5.04. The lowest BCUT2D eigenvalue weighted by molar-refractivity contribution is -0.0974. The molecule has 0 aromatic rings. The van der Waals surface area contributed by atoms with E-state index in [1.165, 1.54) is 0 Å². The predicted octanol–water partition coefficient (Wildman–Crippen LogP) is 4.28. The van der Waals surface area contributed by atoms with Crippen LogP contribution in [0, 0.1) is 5.41 Å². The third-order valence-corrected chi connectivity index (χ3v) is 8.07. The van der Waals surface area contributed by atoms with Crippen LogP contribution in [0.25, 0.3) is 0 Å². The zero-order valence-electron chi connectivity index (χ0n) is 13.6. The van der Waals surface area contributed by atoms with E-state index in [4.69, 9.17) is 9.05 Å². The Morgan fingerprint density at radius 2 is 1.81 bits per heavy atom. The van der Waals surface area contributed by atoms with Crippen molar-refractivity contribution in [1.82, 2.24) is 0 Å². The first-order chi connectivity index (χ1) is 9.83. The van der Waals surface area contributed by atoms with Crippen molar-refractivity contribution in [3.05, 3.63) is 12.2 Å². The monoisotopic (exact) mass is 316 g/mol. The van der Waals surface area contributed by atoms with E-state index in [1.54, 1.807) is 0 Å². The van der Waals surface area contributed by atoms with Gasteiger partial charge in [-0.3, -0.25) is 4.57 Å². The predicted molar refractivity (Wildman–Crippen MR) is 84.5 cm³/mol. The summed E-state index contributed by atoms with van der Waals surface area (Å²) in [6.07, 6.45) is 5.31. The molecule has 2 aliphatic rings. The number of hydrogen-bond acceptors (Lipinski definition) is 4. The van der Waals surface area contributed by atoms with Gasteiger partial charge in [0.05, 0.1) is 24.5 Å². The highest BCUT2D eigenvalue weighted by molar-refractivity contribution is 7.55. The summed E-state index contributed by atoms with van der Waals surface area (Å²) in [6.45, 7) is 10.4. The van der Waals surface area contributed by atoms with Gasteiger partial charge in [0.1, 0.15) is 0 Å². The number of hydrogen-bond donors (Lipinski definition) is 1. The minimum atomic E-state index is -3.30. The van der Waals surface area contributed by atoms with E-state index in [9.17, 15) is 9.67 Å². The second-order valence-corrected chi connectivity index (χ2v) is 8.69. The van der Waals surface area contributed by atoms with E-state index in [1.807, 2.05) is 20.8 Å². The summed E-state index contributed by atoms with van der Waals surface area (Å²) < 4.78 is 24.6. The molecule has 122 valence electrons. The van der Waals surface area contributed by atoms with Gasteiger partial charge in [-0.25, -0.2) is 0 Å². The highest BCUT2D eigenvalue weighted by Gasteiger charge is 2.63. The van der Waals surface area contributed by atoms with Crippen molar-refractivity contribution in [3.8, 4) is 0 Å². The van der Waals surface area contributed by atoms with Crippen molar-refractivity contribution < 1.29 is 18.7 Å². The lowest BCUT2D eigenvalue weighted by atomic mass is 9.62. The molecule has 0 unspecified atom stereocenters. The lowest BCUT2D eigenvalue weighted by Gasteiger charge is -2.51. The molecule has 2 fully saturated rings. The Bertz CT molecular complexity index is 436. The maximum Gasteiger partial charge on any atom is 0.338 e. The molecule has 1 spiro atoms. The summed E-state index contributed by atoms with van der Waals surface area (Å²) in [4.78, 5) is 0. The van der Waals surface area contributed by atoms with Gasteiger partial charge in [-0.05, 0) is 46.5 Å². The van der Waals surface area contributed by atoms with Crippen LogP contribution in [0.2, 0.25) is 0 Å². The largest absolute Gasteiger partial charge is 0.390 e. The second kappa shape index (κ2) is 6.16. The van der Waals surface area contributed by atoms with Crippen LogP contribution in [-0.4, -0.2) is 29.6 Å². The van der Waals surface area contributed by atoms with E-state index < -0.39 is 18.6 Å². The quantitative estimate of drug-likeness (QED) is 0.607. The van der Waals surface area contributed by atoms with E-state index in [2.05, 4.69) is 6.58 Å². The van der Waals surface area contributed by atoms with Crippen molar-refractivity contribution >= 4 is 7.60 Å². The molecule has 1 N–H and O–H groups in total. The van der Waals surface area contributed by atoms with Crippen LogP contribution in [0.5, 0.6) is 0 Å². The Hall–Kier alpha value is -0.150. The van der Waals surface area contributed by atoms with E-state index in [-0.39, 0.29) is 5.66 Å². The molecule has 0 radical (unpaired) electrons. The molecule has 0 heterocycles. The first-order valence-corrected chi connectivity index (χ1v) is 9.73. The Morgan fingerprint density at radius 3 is 2.33 bits per heavy atom. The molecule has 21 heavy (non-hydrogen) atoms. The summed E-state index contributed by atoms with van der Waals surface area (Å²) in [5.41, 5.74) is -0.705. The Balaban J connectivity index is 2.46. The molecule has 0 aromatic heterocycles. The minimum absolute atomic E-state index is 0.347. The van der Waals surface area contributed by atoms with Crippen molar-refractivity contribution in [3.63, 3.8) is 0 Å². The summed E-state index contributed by atoms with van der Waals surface area (Å²) in [5.74, 6) is 0.